The molecule has 96 valence electrons. The van der Waals surface area contributed by atoms with E-state index in [1.165, 1.54) is 7.05 Å². The van der Waals surface area contributed by atoms with Crippen molar-refractivity contribution in [2.45, 2.75) is 17.6 Å². The summed E-state index contributed by atoms with van der Waals surface area (Å²) in [4.78, 5) is 7.24. The third-order valence-corrected chi connectivity index (χ3v) is 2.77. The predicted octanol–water partition coefficient (Wildman–Crippen LogP) is 2.01. The highest BCUT2D eigenvalue weighted by molar-refractivity contribution is 7.99. The number of aliphatic hydroxyl groups is 1. The van der Waals surface area contributed by atoms with Gasteiger partial charge in [0.25, 0.3) is 0 Å². The van der Waals surface area contributed by atoms with Crippen LogP contribution in [0.15, 0.2) is 11.1 Å². The summed E-state index contributed by atoms with van der Waals surface area (Å²) < 4.78 is 37.5. The van der Waals surface area contributed by atoms with E-state index in [1.807, 2.05) is 0 Å². The fourth-order valence-corrected chi connectivity index (χ4v) is 1.83. The summed E-state index contributed by atoms with van der Waals surface area (Å²) >= 11 is 1.15. The van der Waals surface area contributed by atoms with E-state index >= 15 is 0 Å². The zero-order valence-corrected chi connectivity index (χ0v) is 9.90. The largest absolute Gasteiger partial charge is 0.433 e. The normalized spacial score (nSPS) is 11.6. The molecule has 0 saturated carbocycles. The molecule has 0 unspecified atom stereocenters. The van der Waals surface area contributed by atoms with Crippen molar-refractivity contribution in [3.63, 3.8) is 0 Å². The zero-order valence-electron chi connectivity index (χ0n) is 9.08. The number of halogens is 3. The summed E-state index contributed by atoms with van der Waals surface area (Å²) in [6.45, 7) is 0.00307. The van der Waals surface area contributed by atoms with Crippen molar-refractivity contribution in [2.24, 2.45) is 0 Å². The zero-order chi connectivity index (χ0) is 12.9. The highest BCUT2D eigenvalue weighted by Crippen LogP contribution is 2.30. The van der Waals surface area contributed by atoms with E-state index in [-0.39, 0.29) is 17.6 Å². The number of aromatic nitrogens is 2. The van der Waals surface area contributed by atoms with Crippen LogP contribution in [-0.2, 0) is 6.18 Å². The molecule has 4 nitrogen and oxygen atoms in total. The number of nitrogens with zero attached hydrogens (tertiary/aromatic N) is 2. The molecular weight excluding hydrogens is 255 g/mol. The third-order valence-electron chi connectivity index (χ3n) is 1.77. The van der Waals surface area contributed by atoms with E-state index in [1.54, 1.807) is 0 Å². The number of anilines is 1. The van der Waals surface area contributed by atoms with Gasteiger partial charge in [-0.15, -0.1) is 11.8 Å². The summed E-state index contributed by atoms with van der Waals surface area (Å²) in [5.74, 6) is 0.444. The fraction of sp³-hybridized carbons (Fsp3) is 0.556. The third kappa shape index (κ3) is 4.39. The lowest BCUT2D eigenvalue weighted by Crippen LogP contribution is -2.11. The van der Waals surface area contributed by atoms with Crippen molar-refractivity contribution < 1.29 is 18.3 Å². The maximum Gasteiger partial charge on any atom is 0.433 e. The van der Waals surface area contributed by atoms with Crippen molar-refractivity contribution in [3.05, 3.63) is 11.8 Å². The Kier molecular flexibility index (Phi) is 5.01. The Bertz CT molecular complexity index is 373. The van der Waals surface area contributed by atoms with E-state index in [4.69, 9.17) is 5.11 Å². The van der Waals surface area contributed by atoms with Gasteiger partial charge < -0.3 is 10.4 Å². The van der Waals surface area contributed by atoms with Crippen molar-refractivity contribution in [2.75, 3.05) is 24.7 Å². The topological polar surface area (TPSA) is 58.0 Å². The highest BCUT2D eigenvalue weighted by Gasteiger charge is 2.33. The van der Waals surface area contributed by atoms with Gasteiger partial charge in [-0.25, -0.2) is 9.97 Å². The van der Waals surface area contributed by atoms with Gasteiger partial charge in [0.2, 0.25) is 5.95 Å². The molecule has 0 bridgehead atoms. The van der Waals surface area contributed by atoms with Crippen LogP contribution < -0.4 is 5.32 Å². The Labute approximate surface area is 101 Å². The summed E-state index contributed by atoms with van der Waals surface area (Å²) in [6, 6.07) is 0.906. The smallest absolute Gasteiger partial charge is 0.396 e. The first-order valence-electron chi connectivity index (χ1n) is 4.85. The Hall–Kier alpha value is -1.02. The van der Waals surface area contributed by atoms with Crippen molar-refractivity contribution in [1.29, 1.82) is 0 Å². The molecule has 0 aliphatic carbocycles. The molecule has 0 atom stereocenters. The second kappa shape index (κ2) is 6.06. The van der Waals surface area contributed by atoms with Crippen LogP contribution in [0.3, 0.4) is 0 Å². The van der Waals surface area contributed by atoms with Gasteiger partial charge >= 0.3 is 6.18 Å². The standard InChI is InChI=1S/C9H12F3N3OS/c1-13-8-14-6(9(10,11)12)5-7(15-8)17-4-2-3-16/h5,16H,2-4H2,1H3,(H,13,14,15). The lowest BCUT2D eigenvalue weighted by molar-refractivity contribution is -0.141. The van der Waals surface area contributed by atoms with Gasteiger partial charge in [0.15, 0.2) is 5.69 Å². The van der Waals surface area contributed by atoms with Crippen LogP contribution in [0.25, 0.3) is 0 Å². The van der Waals surface area contributed by atoms with Crippen molar-refractivity contribution >= 4 is 17.7 Å². The monoisotopic (exact) mass is 267 g/mol. The Morgan fingerprint density at radius 1 is 1.41 bits per heavy atom. The highest BCUT2D eigenvalue weighted by atomic mass is 32.2. The number of hydrogen-bond donors (Lipinski definition) is 2. The maximum absolute atomic E-state index is 12.5. The molecule has 8 heteroatoms. The minimum atomic E-state index is -4.49. The number of hydrogen-bond acceptors (Lipinski definition) is 5. The lowest BCUT2D eigenvalue weighted by atomic mass is 10.4. The molecule has 0 aliphatic rings. The van der Waals surface area contributed by atoms with Gasteiger partial charge in [-0.2, -0.15) is 13.2 Å². The second-order valence-electron chi connectivity index (χ2n) is 3.09. The van der Waals surface area contributed by atoms with E-state index in [2.05, 4.69) is 15.3 Å². The van der Waals surface area contributed by atoms with Crippen LogP contribution in [0.5, 0.6) is 0 Å². The molecule has 0 aromatic carbocycles. The molecule has 1 heterocycles. The number of nitrogens with one attached hydrogen (secondary N) is 1. The number of thioether (sulfide) groups is 1. The van der Waals surface area contributed by atoms with E-state index in [0.29, 0.717) is 12.2 Å². The fourth-order valence-electron chi connectivity index (χ4n) is 0.997. The molecule has 0 saturated heterocycles. The molecule has 0 amide bonds. The SMILES string of the molecule is CNc1nc(SCCCO)cc(C(F)(F)F)n1. The molecule has 1 aromatic heterocycles. The molecule has 0 radical (unpaired) electrons. The van der Waals surface area contributed by atoms with Gasteiger partial charge in [0.1, 0.15) is 5.03 Å². The lowest BCUT2D eigenvalue weighted by Gasteiger charge is -2.09. The molecule has 17 heavy (non-hydrogen) atoms. The van der Waals surface area contributed by atoms with Crippen molar-refractivity contribution in [1.82, 2.24) is 9.97 Å². The summed E-state index contributed by atoms with van der Waals surface area (Å²) in [5.41, 5.74) is -0.969. The van der Waals surface area contributed by atoms with Crippen molar-refractivity contribution in [3.8, 4) is 0 Å². The molecule has 1 aromatic rings. The number of alkyl halides is 3. The van der Waals surface area contributed by atoms with E-state index < -0.39 is 11.9 Å². The molecule has 0 spiro atoms. The average Bonchev–Trinajstić information content (AvgIpc) is 2.28. The van der Waals surface area contributed by atoms with Gasteiger partial charge in [-0.05, 0) is 6.42 Å². The number of aliphatic hydroxyl groups excluding tert-OH is 1. The summed E-state index contributed by atoms with van der Waals surface area (Å²) in [5, 5.41) is 11.3. The molecule has 2 N–H and O–H groups in total. The first kappa shape index (κ1) is 14.0. The quantitative estimate of drug-likeness (QED) is 0.485. The first-order valence-corrected chi connectivity index (χ1v) is 5.83. The van der Waals surface area contributed by atoms with Gasteiger partial charge in [-0.3, -0.25) is 0 Å². The predicted molar refractivity (Wildman–Crippen MR) is 59.0 cm³/mol. The van der Waals surface area contributed by atoms with E-state index in [9.17, 15) is 13.2 Å². The van der Waals surface area contributed by atoms with Crippen LogP contribution >= 0.6 is 11.8 Å². The molecule has 0 aliphatic heterocycles. The van der Waals surface area contributed by atoms with Gasteiger partial charge in [0.05, 0.1) is 0 Å². The molecule has 0 fully saturated rings. The Morgan fingerprint density at radius 3 is 2.65 bits per heavy atom. The first-order chi connectivity index (χ1) is 7.97. The Balaban J connectivity index is 2.89. The number of rotatable bonds is 5. The van der Waals surface area contributed by atoms with Crippen LogP contribution in [-0.4, -0.2) is 34.5 Å². The second-order valence-corrected chi connectivity index (χ2v) is 4.20. The van der Waals surface area contributed by atoms with Crippen LogP contribution in [0.1, 0.15) is 12.1 Å². The van der Waals surface area contributed by atoms with Crippen LogP contribution in [0, 0.1) is 0 Å². The van der Waals surface area contributed by atoms with Gasteiger partial charge in [0, 0.05) is 25.5 Å². The van der Waals surface area contributed by atoms with Crippen LogP contribution in [0.4, 0.5) is 19.1 Å². The Morgan fingerprint density at radius 2 is 2.12 bits per heavy atom. The van der Waals surface area contributed by atoms with E-state index in [0.717, 1.165) is 17.8 Å². The van der Waals surface area contributed by atoms with Crippen LogP contribution in [0.2, 0.25) is 0 Å². The maximum atomic E-state index is 12.5. The molecule has 1 rings (SSSR count). The average molecular weight is 267 g/mol. The molecular formula is C9H12F3N3OS. The van der Waals surface area contributed by atoms with Gasteiger partial charge in [-0.1, -0.05) is 0 Å². The minimum Gasteiger partial charge on any atom is -0.396 e. The summed E-state index contributed by atoms with van der Waals surface area (Å²) in [6.07, 6.45) is -3.98. The minimum absolute atomic E-state index is 0.00307. The summed E-state index contributed by atoms with van der Waals surface area (Å²) in [7, 11) is 1.46.